The van der Waals surface area contributed by atoms with Crippen LogP contribution in [0.5, 0.6) is 0 Å². The zero-order chi connectivity index (χ0) is 6.91. The fraction of sp³-hybridized carbons (Fsp3) is 1.00. The quantitative estimate of drug-likeness (QED) is 0.447. The first-order chi connectivity index (χ1) is 4.19. The van der Waals surface area contributed by atoms with Gasteiger partial charge in [0, 0.05) is 0 Å². The Balaban J connectivity index is 2.24. The molecule has 0 heterocycles. The summed E-state index contributed by atoms with van der Waals surface area (Å²) in [6.45, 7) is 2.73. The molecular weight excluding hydrogens is 116 g/mol. The summed E-state index contributed by atoms with van der Waals surface area (Å²) in [6, 6.07) is 0. The lowest BCUT2D eigenvalue weighted by Crippen LogP contribution is -2.46. The van der Waals surface area contributed by atoms with Crippen LogP contribution < -0.4 is 11.1 Å². The van der Waals surface area contributed by atoms with E-state index in [0.29, 0.717) is 0 Å². The summed E-state index contributed by atoms with van der Waals surface area (Å²) in [4.78, 5) is 0. The van der Waals surface area contributed by atoms with Crippen molar-refractivity contribution in [2.75, 3.05) is 6.54 Å². The third-order valence-corrected chi connectivity index (χ3v) is 1.77. The van der Waals surface area contributed by atoms with Gasteiger partial charge in [-0.25, -0.2) is 0 Å². The van der Waals surface area contributed by atoms with E-state index in [4.69, 9.17) is 5.73 Å². The number of nitrogens with one attached hydrogen (secondary N) is 1. The molecule has 1 atom stereocenters. The smallest absolute Gasteiger partial charge is 0.123 e. The molecule has 3 nitrogen and oxygen atoms in total. The van der Waals surface area contributed by atoms with Gasteiger partial charge < -0.3 is 10.8 Å². The van der Waals surface area contributed by atoms with Crippen LogP contribution in [0.1, 0.15) is 19.8 Å². The Kier molecular flexibility index (Phi) is 1.75. The summed E-state index contributed by atoms with van der Waals surface area (Å²) >= 11 is 0. The maximum absolute atomic E-state index is 9.21. The number of rotatable bonds is 3. The SMILES string of the molecule is CCNC(O)C1(N)CC1. The predicted molar refractivity (Wildman–Crippen MR) is 35.8 cm³/mol. The lowest BCUT2D eigenvalue weighted by Gasteiger charge is -2.17. The molecule has 0 aromatic rings. The van der Waals surface area contributed by atoms with Gasteiger partial charge in [-0.3, -0.25) is 5.32 Å². The number of hydrogen-bond donors (Lipinski definition) is 3. The normalized spacial score (nSPS) is 25.7. The lowest BCUT2D eigenvalue weighted by molar-refractivity contribution is 0.101. The van der Waals surface area contributed by atoms with Gasteiger partial charge in [0.05, 0.1) is 5.54 Å². The summed E-state index contributed by atoms with van der Waals surface area (Å²) in [5.41, 5.74) is 5.37. The highest BCUT2D eigenvalue weighted by Gasteiger charge is 2.44. The van der Waals surface area contributed by atoms with Crippen molar-refractivity contribution in [3.8, 4) is 0 Å². The molecule has 0 bridgehead atoms. The van der Waals surface area contributed by atoms with Crippen LogP contribution in [0, 0.1) is 0 Å². The zero-order valence-electron chi connectivity index (χ0n) is 5.72. The Labute approximate surface area is 55.2 Å². The average molecular weight is 130 g/mol. The molecule has 1 aliphatic rings. The minimum atomic E-state index is -0.498. The Bertz CT molecular complexity index is 101. The summed E-state index contributed by atoms with van der Waals surface area (Å²) in [6.07, 6.45) is 1.39. The van der Waals surface area contributed by atoms with E-state index in [1.807, 2.05) is 6.92 Å². The number of likely N-dealkylation sites (N-methyl/N-ethyl adjacent to an activating group) is 1. The van der Waals surface area contributed by atoms with Gasteiger partial charge in [0.2, 0.25) is 0 Å². The highest BCUT2D eigenvalue weighted by Crippen LogP contribution is 2.34. The van der Waals surface area contributed by atoms with E-state index in [1.165, 1.54) is 0 Å². The van der Waals surface area contributed by atoms with Gasteiger partial charge in [-0.05, 0) is 19.4 Å². The van der Waals surface area contributed by atoms with Crippen molar-refractivity contribution < 1.29 is 5.11 Å². The maximum atomic E-state index is 9.21. The third kappa shape index (κ3) is 1.41. The van der Waals surface area contributed by atoms with Gasteiger partial charge in [-0.2, -0.15) is 0 Å². The molecule has 3 heteroatoms. The molecule has 1 unspecified atom stereocenters. The number of aliphatic hydroxyl groups is 1. The van der Waals surface area contributed by atoms with Gasteiger partial charge in [0.15, 0.2) is 0 Å². The second kappa shape index (κ2) is 2.25. The molecule has 9 heavy (non-hydrogen) atoms. The molecule has 0 spiro atoms. The molecule has 54 valence electrons. The fourth-order valence-electron chi connectivity index (χ4n) is 0.814. The van der Waals surface area contributed by atoms with Crippen LogP contribution in [-0.4, -0.2) is 23.4 Å². The average Bonchev–Trinajstić information content (AvgIpc) is 2.50. The molecule has 0 saturated heterocycles. The first kappa shape index (κ1) is 6.99. The molecule has 0 aliphatic heterocycles. The summed E-state index contributed by atoms with van der Waals surface area (Å²) < 4.78 is 0. The summed E-state index contributed by atoms with van der Waals surface area (Å²) in [7, 11) is 0. The van der Waals surface area contributed by atoms with Crippen molar-refractivity contribution >= 4 is 0 Å². The second-order valence-corrected chi connectivity index (χ2v) is 2.69. The predicted octanol–water partition coefficient (Wildman–Crippen LogP) is -0.594. The van der Waals surface area contributed by atoms with Crippen LogP contribution in [0.25, 0.3) is 0 Å². The first-order valence-corrected chi connectivity index (χ1v) is 3.39. The van der Waals surface area contributed by atoms with E-state index in [1.54, 1.807) is 0 Å². The standard InChI is InChI=1S/C6H14N2O/c1-2-8-5(9)6(7)3-4-6/h5,8-9H,2-4,7H2,1H3. The molecule has 1 fully saturated rings. The van der Waals surface area contributed by atoms with Crippen LogP contribution in [0.15, 0.2) is 0 Å². The highest BCUT2D eigenvalue weighted by atomic mass is 16.3. The summed E-state index contributed by atoms with van der Waals surface area (Å²) in [5, 5.41) is 12.1. The maximum Gasteiger partial charge on any atom is 0.123 e. The van der Waals surface area contributed by atoms with E-state index in [9.17, 15) is 5.11 Å². The van der Waals surface area contributed by atoms with Gasteiger partial charge in [0.25, 0.3) is 0 Å². The number of hydrogen-bond acceptors (Lipinski definition) is 3. The monoisotopic (exact) mass is 130 g/mol. The number of aliphatic hydroxyl groups excluding tert-OH is 1. The molecule has 1 rings (SSSR count). The molecule has 0 aromatic heterocycles. The van der Waals surface area contributed by atoms with Crippen LogP contribution in [-0.2, 0) is 0 Å². The fourth-order valence-corrected chi connectivity index (χ4v) is 0.814. The van der Waals surface area contributed by atoms with Crippen molar-refractivity contribution in [2.24, 2.45) is 5.73 Å². The Morgan fingerprint density at radius 1 is 1.78 bits per heavy atom. The summed E-state index contributed by atoms with van der Waals surface area (Å²) in [5.74, 6) is 0. The van der Waals surface area contributed by atoms with Crippen molar-refractivity contribution in [3.05, 3.63) is 0 Å². The van der Waals surface area contributed by atoms with Crippen LogP contribution >= 0.6 is 0 Å². The Morgan fingerprint density at radius 2 is 2.33 bits per heavy atom. The minimum absolute atomic E-state index is 0.296. The molecule has 1 aliphatic carbocycles. The van der Waals surface area contributed by atoms with E-state index in [2.05, 4.69) is 5.32 Å². The highest BCUT2D eigenvalue weighted by molar-refractivity contribution is 5.03. The van der Waals surface area contributed by atoms with Crippen molar-refractivity contribution in [3.63, 3.8) is 0 Å². The van der Waals surface area contributed by atoms with Crippen molar-refractivity contribution in [1.29, 1.82) is 0 Å². The van der Waals surface area contributed by atoms with Crippen molar-refractivity contribution in [1.82, 2.24) is 5.32 Å². The minimum Gasteiger partial charge on any atom is -0.377 e. The van der Waals surface area contributed by atoms with Gasteiger partial charge >= 0.3 is 0 Å². The topological polar surface area (TPSA) is 58.3 Å². The largest absolute Gasteiger partial charge is 0.377 e. The van der Waals surface area contributed by atoms with Gasteiger partial charge in [-0.15, -0.1) is 0 Å². The second-order valence-electron chi connectivity index (χ2n) is 2.69. The van der Waals surface area contributed by atoms with Gasteiger partial charge in [0.1, 0.15) is 6.23 Å². The molecule has 1 saturated carbocycles. The molecule has 0 radical (unpaired) electrons. The van der Waals surface area contributed by atoms with E-state index in [0.717, 1.165) is 19.4 Å². The van der Waals surface area contributed by atoms with E-state index < -0.39 is 6.23 Å². The lowest BCUT2D eigenvalue weighted by atomic mass is 10.2. The van der Waals surface area contributed by atoms with Crippen LogP contribution in [0.3, 0.4) is 0 Å². The third-order valence-electron chi connectivity index (χ3n) is 1.77. The van der Waals surface area contributed by atoms with Crippen molar-refractivity contribution in [2.45, 2.75) is 31.5 Å². The molecule has 0 amide bonds. The number of nitrogens with two attached hydrogens (primary N) is 1. The molecule has 4 N–H and O–H groups in total. The first-order valence-electron chi connectivity index (χ1n) is 3.39. The van der Waals surface area contributed by atoms with E-state index in [-0.39, 0.29) is 5.54 Å². The molecule has 0 aromatic carbocycles. The van der Waals surface area contributed by atoms with Gasteiger partial charge in [-0.1, -0.05) is 6.92 Å². The Hall–Kier alpha value is -0.120. The molecular formula is C6H14N2O. The zero-order valence-corrected chi connectivity index (χ0v) is 5.72. The van der Waals surface area contributed by atoms with Crippen LogP contribution in [0.2, 0.25) is 0 Å². The van der Waals surface area contributed by atoms with E-state index >= 15 is 0 Å². The van der Waals surface area contributed by atoms with Crippen LogP contribution in [0.4, 0.5) is 0 Å². The Morgan fingerprint density at radius 3 is 2.67 bits per heavy atom.